The highest BCUT2D eigenvalue weighted by molar-refractivity contribution is 5.99. The molecule has 1 aliphatic heterocycles. The van der Waals surface area contributed by atoms with Crippen LogP contribution >= 0.6 is 0 Å². The topological polar surface area (TPSA) is 92.5 Å². The lowest BCUT2D eigenvalue weighted by atomic mass is 10.1. The molecule has 9 nitrogen and oxygen atoms in total. The molecule has 0 saturated carbocycles. The zero-order chi connectivity index (χ0) is 28.1. The van der Waals surface area contributed by atoms with Crippen LogP contribution in [0.5, 0.6) is 0 Å². The van der Waals surface area contributed by atoms with Crippen molar-refractivity contribution < 1.29 is 4.74 Å². The Morgan fingerprint density at radius 1 is 0.786 bits per heavy atom. The molecular weight excluding hydrogens is 524 g/mol. The number of nitrogens with one attached hydrogen (secondary N) is 2. The van der Waals surface area contributed by atoms with Crippen molar-refractivity contribution in [3.05, 3.63) is 114 Å². The van der Waals surface area contributed by atoms with Crippen molar-refractivity contribution >= 4 is 51.4 Å². The molecule has 0 amide bonds. The van der Waals surface area contributed by atoms with Gasteiger partial charge in [0.1, 0.15) is 0 Å². The number of fused-ring (bicyclic) bond motifs is 2. The Kier molecular flexibility index (Phi) is 7.14. The quantitative estimate of drug-likeness (QED) is 0.175. The Morgan fingerprint density at radius 3 is 2.43 bits per heavy atom. The smallest absolute Gasteiger partial charge is 0.250 e. The van der Waals surface area contributed by atoms with Crippen LogP contribution in [0.2, 0.25) is 0 Å². The molecule has 0 bridgehead atoms. The van der Waals surface area contributed by atoms with Crippen LogP contribution in [0.15, 0.2) is 108 Å². The minimum atomic E-state index is 0.362. The maximum atomic E-state index is 5.52. The predicted molar refractivity (Wildman–Crippen MR) is 169 cm³/mol. The van der Waals surface area contributed by atoms with E-state index in [-0.39, 0.29) is 0 Å². The summed E-state index contributed by atoms with van der Waals surface area (Å²) in [6.45, 7) is 3.47. The van der Waals surface area contributed by atoms with E-state index in [2.05, 4.69) is 113 Å². The fraction of sp³-hybridized carbons (Fsp3) is 0.152. The van der Waals surface area contributed by atoms with Gasteiger partial charge in [-0.15, -0.1) is 0 Å². The molecule has 1 saturated heterocycles. The van der Waals surface area contributed by atoms with Crippen LogP contribution in [0, 0.1) is 0 Å². The number of hydrogen-bond acceptors (Lipinski definition) is 8. The van der Waals surface area contributed by atoms with Gasteiger partial charge in [0.2, 0.25) is 17.8 Å². The third-order valence-electron chi connectivity index (χ3n) is 7.30. The number of para-hydroxylation sites is 2. The first kappa shape index (κ1) is 25.7. The Bertz CT molecular complexity index is 1860. The van der Waals surface area contributed by atoms with Crippen molar-refractivity contribution in [1.29, 1.82) is 0 Å². The number of anilines is 4. The number of benzene rings is 4. The van der Waals surface area contributed by atoms with Crippen molar-refractivity contribution in [3.8, 4) is 0 Å². The molecule has 0 atom stereocenters. The molecule has 2 aromatic heterocycles. The number of hydrogen-bond donors (Lipinski definition) is 2. The van der Waals surface area contributed by atoms with Crippen molar-refractivity contribution in [2.45, 2.75) is 6.54 Å². The number of nitrogens with zero attached hydrogens (tertiary/aromatic N) is 6. The summed E-state index contributed by atoms with van der Waals surface area (Å²) in [5.74, 6) is 1.39. The monoisotopic (exact) mass is 554 g/mol. The first-order valence-electron chi connectivity index (χ1n) is 14.0. The van der Waals surface area contributed by atoms with Gasteiger partial charge in [-0.2, -0.15) is 20.1 Å². The van der Waals surface area contributed by atoms with Gasteiger partial charge in [-0.05, 0) is 40.6 Å². The molecule has 2 N–H and O–H groups in total. The van der Waals surface area contributed by atoms with Crippen LogP contribution < -0.4 is 15.6 Å². The van der Waals surface area contributed by atoms with Crippen LogP contribution in [0.3, 0.4) is 0 Å². The average molecular weight is 555 g/mol. The van der Waals surface area contributed by atoms with Crippen LogP contribution in [-0.4, -0.2) is 52.0 Å². The maximum absolute atomic E-state index is 5.52. The fourth-order valence-electron chi connectivity index (χ4n) is 5.23. The minimum absolute atomic E-state index is 0.362. The third-order valence-corrected chi connectivity index (χ3v) is 7.30. The Labute approximate surface area is 243 Å². The first-order chi connectivity index (χ1) is 20.8. The van der Waals surface area contributed by atoms with E-state index in [0.29, 0.717) is 44.1 Å². The van der Waals surface area contributed by atoms with Crippen LogP contribution in [0.25, 0.3) is 21.7 Å². The maximum Gasteiger partial charge on any atom is 0.250 e. The Morgan fingerprint density at radius 2 is 1.55 bits per heavy atom. The zero-order valence-corrected chi connectivity index (χ0v) is 23.0. The molecule has 0 radical (unpaired) electrons. The van der Waals surface area contributed by atoms with E-state index in [1.807, 2.05) is 36.5 Å². The highest BCUT2D eigenvalue weighted by atomic mass is 16.5. The molecule has 6 aromatic rings. The van der Waals surface area contributed by atoms with Gasteiger partial charge < -0.3 is 19.5 Å². The van der Waals surface area contributed by atoms with E-state index in [9.17, 15) is 0 Å². The molecule has 9 heteroatoms. The normalized spacial score (nSPS) is 13.7. The molecular formula is C33H30N8O. The minimum Gasteiger partial charge on any atom is -0.378 e. The Hall–Kier alpha value is -5.28. The van der Waals surface area contributed by atoms with Gasteiger partial charge in [0, 0.05) is 48.0 Å². The predicted octanol–water partition coefficient (Wildman–Crippen LogP) is 6.05. The van der Waals surface area contributed by atoms with Gasteiger partial charge in [0.05, 0.1) is 19.4 Å². The van der Waals surface area contributed by atoms with E-state index in [4.69, 9.17) is 4.74 Å². The molecule has 42 heavy (non-hydrogen) atoms. The highest BCUT2D eigenvalue weighted by Crippen LogP contribution is 2.23. The zero-order valence-electron chi connectivity index (χ0n) is 23.0. The lowest BCUT2D eigenvalue weighted by Gasteiger charge is -2.27. The molecule has 7 rings (SSSR count). The van der Waals surface area contributed by atoms with Crippen molar-refractivity contribution in [2.75, 3.05) is 41.9 Å². The number of morpholine rings is 1. The molecule has 1 fully saturated rings. The van der Waals surface area contributed by atoms with Gasteiger partial charge >= 0.3 is 0 Å². The largest absolute Gasteiger partial charge is 0.378 e. The molecule has 4 aromatic carbocycles. The van der Waals surface area contributed by atoms with Crippen molar-refractivity contribution in [2.24, 2.45) is 5.10 Å². The number of ether oxygens (including phenoxy) is 1. The number of hydrazone groups is 1. The van der Waals surface area contributed by atoms with E-state index in [1.54, 1.807) is 0 Å². The van der Waals surface area contributed by atoms with Crippen LogP contribution in [-0.2, 0) is 11.3 Å². The van der Waals surface area contributed by atoms with Crippen LogP contribution in [0.1, 0.15) is 11.1 Å². The SMILES string of the molecule is C(=N\Nc1nc(Nc2ccccc2)nc(N2CCOCC2)n1)/c1cn(Cc2ccc3ccccc3c2)c2ccccc12. The molecule has 208 valence electrons. The standard InChI is InChI=1S/C33H30N8O/c1-2-10-28(11-3-1)35-31-36-32(38-33(37-31)40-16-18-42-19-17-40)39-34-21-27-23-41(30-13-7-6-12-29(27)30)22-24-14-15-25-8-4-5-9-26(25)20-24/h1-15,20-21,23H,16-19,22H2,(H2,35,36,37,38,39)/b34-21+. The summed E-state index contributed by atoms with van der Waals surface area (Å²) in [7, 11) is 0. The second kappa shape index (κ2) is 11.7. The lowest BCUT2D eigenvalue weighted by Crippen LogP contribution is -2.37. The molecule has 3 heterocycles. The van der Waals surface area contributed by atoms with E-state index in [0.717, 1.165) is 28.7 Å². The van der Waals surface area contributed by atoms with E-state index in [1.165, 1.54) is 16.3 Å². The Balaban J connectivity index is 1.15. The summed E-state index contributed by atoms with van der Waals surface area (Å²) in [4.78, 5) is 16.0. The fourth-order valence-corrected chi connectivity index (χ4v) is 5.23. The third kappa shape index (κ3) is 5.63. The summed E-state index contributed by atoms with van der Waals surface area (Å²) in [5.41, 5.74) is 7.34. The van der Waals surface area contributed by atoms with E-state index < -0.39 is 0 Å². The van der Waals surface area contributed by atoms with Gasteiger partial charge in [-0.1, -0.05) is 72.8 Å². The van der Waals surface area contributed by atoms with E-state index >= 15 is 0 Å². The van der Waals surface area contributed by atoms with Crippen molar-refractivity contribution in [1.82, 2.24) is 19.5 Å². The summed E-state index contributed by atoms with van der Waals surface area (Å²) in [5, 5.41) is 11.4. The summed E-state index contributed by atoms with van der Waals surface area (Å²) in [6, 6.07) is 33.3. The summed E-state index contributed by atoms with van der Waals surface area (Å²) < 4.78 is 7.78. The number of rotatable bonds is 8. The second-order valence-electron chi connectivity index (χ2n) is 10.2. The molecule has 0 unspecified atom stereocenters. The molecule has 1 aliphatic rings. The van der Waals surface area contributed by atoms with Gasteiger partial charge in [-0.25, -0.2) is 5.43 Å². The average Bonchev–Trinajstić information content (AvgIpc) is 3.39. The van der Waals surface area contributed by atoms with Gasteiger partial charge in [-0.3, -0.25) is 0 Å². The number of aromatic nitrogens is 4. The first-order valence-corrected chi connectivity index (χ1v) is 14.0. The van der Waals surface area contributed by atoms with Gasteiger partial charge in [0.15, 0.2) is 0 Å². The summed E-state index contributed by atoms with van der Waals surface area (Å²) >= 11 is 0. The summed E-state index contributed by atoms with van der Waals surface area (Å²) in [6.07, 6.45) is 3.96. The highest BCUT2D eigenvalue weighted by Gasteiger charge is 2.17. The molecule has 0 aliphatic carbocycles. The lowest BCUT2D eigenvalue weighted by molar-refractivity contribution is 0.122. The molecule has 0 spiro atoms. The second-order valence-corrected chi connectivity index (χ2v) is 10.2. The van der Waals surface area contributed by atoms with Gasteiger partial charge in [0.25, 0.3) is 0 Å². The van der Waals surface area contributed by atoms with Crippen LogP contribution in [0.4, 0.5) is 23.5 Å². The van der Waals surface area contributed by atoms with Crippen molar-refractivity contribution in [3.63, 3.8) is 0 Å².